The van der Waals surface area contributed by atoms with Gasteiger partial charge < -0.3 is 4.74 Å². The van der Waals surface area contributed by atoms with Crippen molar-refractivity contribution in [1.29, 1.82) is 0 Å². The van der Waals surface area contributed by atoms with E-state index in [-0.39, 0.29) is 6.23 Å². The number of rotatable bonds is 2. The Morgan fingerprint density at radius 2 is 1.64 bits per heavy atom. The molecule has 1 aromatic heterocycles. The van der Waals surface area contributed by atoms with E-state index < -0.39 is 0 Å². The minimum atomic E-state index is -0.00180. The summed E-state index contributed by atoms with van der Waals surface area (Å²) in [5, 5.41) is 12.6. The molecule has 2 aliphatic rings. The van der Waals surface area contributed by atoms with Gasteiger partial charge in [-0.2, -0.15) is 4.80 Å². The molecule has 2 aromatic carbocycles. The fourth-order valence-corrected chi connectivity index (χ4v) is 4.02. The molecule has 0 spiro atoms. The standard InChI is InChI=1S/C20H22N4O/c1-4-8-19-15(5-1)13-21-20(25-19)14-9-11-16(12-10-14)24-22-17-6-2-3-7-18(17)23-24/h2-3,6-7,9-12,15,19-21H,1,4-5,8,13H2/t15-,19+,20-/m0/s1. The number of nitrogens with one attached hydrogen (secondary N) is 1. The van der Waals surface area contributed by atoms with Crippen molar-refractivity contribution in [2.75, 3.05) is 6.54 Å². The van der Waals surface area contributed by atoms with E-state index >= 15 is 0 Å². The molecule has 5 rings (SSSR count). The predicted octanol–water partition coefficient (Wildman–Crippen LogP) is 3.60. The molecule has 25 heavy (non-hydrogen) atoms. The summed E-state index contributed by atoms with van der Waals surface area (Å²) in [4.78, 5) is 1.70. The SMILES string of the molecule is c1ccc2nn(-c3ccc([C@H]4NC[C@@H]5CCCC[C@H]5O4)cc3)nc2c1. The third-order valence-electron chi connectivity index (χ3n) is 5.43. The summed E-state index contributed by atoms with van der Waals surface area (Å²) in [7, 11) is 0. The molecular formula is C20H22N4O. The Kier molecular flexibility index (Phi) is 3.76. The predicted molar refractivity (Wildman–Crippen MR) is 96.4 cm³/mol. The second-order valence-corrected chi connectivity index (χ2v) is 7.08. The van der Waals surface area contributed by atoms with Gasteiger partial charge in [-0.15, -0.1) is 10.2 Å². The topological polar surface area (TPSA) is 52.0 Å². The van der Waals surface area contributed by atoms with Gasteiger partial charge in [0.2, 0.25) is 0 Å². The van der Waals surface area contributed by atoms with Gasteiger partial charge in [-0.1, -0.05) is 37.1 Å². The third kappa shape index (κ3) is 2.83. The van der Waals surface area contributed by atoms with Crippen molar-refractivity contribution in [3.05, 3.63) is 54.1 Å². The fourth-order valence-electron chi connectivity index (χ4n) is 4.02. The number of hydrogen-bond donors (Lipinski definition) is 1. The van der Waals surface area contributed by atoms with Crippen LogP contribution in [0, 0.1) is 5.92 Å². The maximum atomic E-state index is 6.32. The number of fused-ring (bicyclic) bond motifs is 2. The molecule has 3 aromatic rings. The van der Waals surface area contributed by atoms with Crippen LogP contribution < -0.4 is 5.32 Å². The molecular weight excluding hydrogens is 312 g/mol. The molecule has 3 atom stereocenters. The van der Waals surface area contributed by atoms with E-state index in [0.29, 0.717) is 12.0 Å². The maximum absolute atomic E-state index is 6.32. The van der Waals surface area contributed by atoms with Crippen molar-refractivity contribution in [2.45, 2.75) is 38.0 Å². The highest BCUT2D eigenvalue weighted by Crippen LogP contribution is 2.33. The van der Waals surface area contributed by atoms with Crippen LogP contribution in [0.5, 0.6) is 0 Å². The summed E-state index contributed by atoms with van der Waals surface area (Å²) in [5.74, 6) is 0.685. The highest BCUT2D eigenvalue weighted by molar-refractivity contribution is 5.73. The average Bonchev–Trinajstić information content (AvgIpc) is 3.12. The quantitative estimate of drug-likeness (QED) is 0.778. The molecule has 1 saturated carbocycles. The van der Waals surface area contributed by atoms with Gasteiger partial charge in [0.1, 0.15) is 17.3 Å². The maximum Gasteiger partial charge on any atom is 0.134 e. The monoisotopic (exact) mass is 334 g/mol. The number of aromatic nitrogens is 3. The second-order valence-electron chi connectivity index (χ2n) is 7.08. The van der Waals surface area contributed by atoms with Gasteiger partial charge in [0.05, 0.1) is 11.8 Å². The van der Waals surface area contributed by atoms with Crippen molar-refractivity contribution in [3.8, 4) is 5.69 Å². The van der Waals surface area contributed by atoms with Crippen LogP contribution in [0.4, 0.5) is 0 Å². The molecule has 128 valence electrons. The lowest BCUT2D eigenvalue weighted by Gasteiger charge is -2.40. The number of nitrogens with zero attached hydrogens (tertiary/aromatic N) is 3. The molecule has 2 heterocycles. The Morgan fingerprint density at radius 1 is 0.920 bits per heavy atom. The molecule has 1 aliphatic carbocycles. The molecule has 2 fully saturated rings. The van der Waals surface area contributed by atoms with Crippen molar-refractivity contribution in [2.24, 2.45) is 5.92 Å². The first kappa shape index (κ1) is 15.0. The van der Waals surface area contributed by atoms with Gasteiger partial charge in [0.15, 0.2) is 0 Å². The summed E-state index contributed by atoms with van der Waals surface area (Å²) in [5.41, 5.74) is 3.95. The smallest absolute Gasteiger partial charge is 0.134 e. The first-order chi connectivity index (χ1) is 12.4. The Labute approximate surface area is 147 Å². The third-order valence-corrected chi connectivity index (χ3v) is 5.43. The normalized spacial score (nSPS) is 26.5. The van der Waals surface area contributed by atoms with Crippen LogP contribution in [0.2, 0.25) is 0 Å². The summed E-state index contributed by atoms with van der Waals surface area (Å²) in [6, 6.07) is 16.3. The fraction of sp³-hybridized carbons (Fsp3) is 0.400. The van der Waals surface area contributed by atoms with E-state index in [4.69, 9.17) is 4.74 Å². The molecule has 0 radical (unpaired) electrons. The van der Waals surface area contributed by atoms with Crippen LogP contribution in [0.3, 0.4) is 0 Å². The summed E-state index contributed by atoms with van der Waals surface area (Å²) >= 11 is 0. The van der Waals surface area contributed by atoms with Gasteiger partial charge >= 0.3 is 0 Å². The molecule has 0 unspecified atom stereocenters. The van der Waals surface area contributed by atoms with E-state index in [2.05, 4.69) is 39.8 Å². The molecule has 1 saturated heterocycles. The van der Waals surface area contributed by atoms with Gasteiger partial charge in [0.25, 0.3) is 0 Å². The highest BCUT2D eigenvalue weighted by Gasteiger charge is 2.33. The Balaban J connectivity index is 1.36. The summed E-state index contributed by atoms with van der Waals surface area (Å²) in [6.45, 7) is 1.06. The first-order valence-electron chi connectivity index (χ1n) is 9.18. The van der Waals surface area contributed by atoms with Gasteiger partial charge in [0, 0.05) is 6.54 Å². The van der Waals surface area contributed by atoms with Crippen LogP contribution >= 0.6 is 0 Å². The lowest BCUT2D eigenvalue weighted by Crippen LogP contribution is -2.45. The summed E-state index contributed by atoms with van der Waals surface area (Å²) < 4.78 is 6.32. The minimum absolute atomic E-state index is 0.00180. The van der Waals surface area contributed by atoms with Gasteiger partial charge in [-0.3, -0.25) is 5.32 Å². The van der Waals surface area contributed by atoms with E-state index in [0.717, 1.165) is 23.3 Å². The first-order valence-corrected chi connectivity index (χ1v) is 9.18. The Hall–Kier alpha value is -2.24. The van der Waals surface area contributed by atoms with Crippen LogP contribution in [0.1, 0.15) is 37.5 Å². The lowest BCUT2D eigenvalue weighted by molar-refractivity contribution is -0.109. The van der Waals surface area contributed by atoms with Crippen molar-refractivity contribution in [1.82, 2.24) is 20.3 Å². The zero-order valence-electron chi connectivity index (χ0n) is 14.1. The van der Waals surface area contributed by atoms with Crippen LogP contribution in [0.15, 0.2) is 48.5 Å². The number of hydrogen-bond acceptors (Lipinski definition) is 4. The van der Waals surface area contributed by atoms with Crippen molar-refractivity contribution >= 4 is 11.0 Å². The summed E-state index contributed by atoms with van der Waals surface area (Å²) in [6.07, 6.45) is 5.55. The minimum Gasteiger partial charge on any atom is -0.356 e. The Bertz CT molecular complexity index is 840. The molecule has 1 N–H and O–H groups in total. The zero-order valence-corrected chi connectivity index (χ0v) is 14.1. The Morgan fingerprint density at radius 3 is 2.40 bits per heavy atom. The zero-order chi connectivity index (χ0) is 16.6. The van der Waals surface area contributed by atoms with E-state index in [9.17, 15) is 0 Å². The van der Waals surface area contributed by atoms with Crippen LogP contribution in [-0.4, -0.2) is 27.6 Å². The average molecular weight is 334 g/mol. The van der Waals surface area contributed by atoms with Crippen molar-refractivity contribution < 1.29 is 4.74 Å². The molecule has 1 aliphatic heterocycles. The highest BCUT2D eigenvalue weighted by atomic mass is 16.5. The number of ether oxygens (including phenoxy) is 1. The van der Waals surface area contributed by atoms with E-state index in [1.54, 1.807) is 4.80 Å². The lowest BCUT2D eigenvalue weighted by atomic mass is 9.85. The van der Waals surface area contributed by atoms with Crippen molar-refractivity contribution in [3.63, 3.8) is 0 Å². The van der Waals surface area contributed by atoms with E-state index in [1.807, 2.05) is 24.3 Å². The molecule has 5 nitrogen and oxygen atoms in total. The molecule has 5 heteroatoms. The van der Waals surface area contributed by atoms with Gasteiger partial charge in [-0.25, -0.2) is 0 Å². The molecule has 0 bridgehead atoms. The largest absolute Gasteiger partial charge is 0.356 e. The number of benzene rings is 2. The van der Waals surface area contributed by atoms with E-state index in [1.165, 1.54) is 31.2 Å². The van der Waals surface area contributed by atoms with Crippen LogP contribution in [-0.2, 0) is 4.74 Å². The molecule has 0 amide bonds. The second kappa shape index (κ2) is 6.24. The van der Waals surface area contributed by atoms with Gasteiger partial charge in [-0.05, 0) is 48.6 Å². The van der Waals surface area contributed by atoms with Crippen LogP contribution in [0.25, 0.3) is 16.7 Å².